The fraction of sp³-hybridized carbons (Fsp3) is 0.444. The molecule has 0 saturated carbocycles. The van der Waals surface area contributed by atoms with Crippen LogP contribution in [-0.2, 0) is 55.4 Å². The summed E-state index contributed by atoms with van der Waals surface area (Å²) in [6.45, 7) is 5.97. The Morgan fingerprint density at radius 2 is 1.60 bits per heavy atom. The number of carbonyl (C=O) groups excluding carboxylic acids is 1. The third-order valence-electron chi connectivity index (χ3n) is 10.0. The van der Waals surface area contributed by atoms with E-state index in [0.29, 0.717) is 47.5 Å². The number of rotatable bonds is 21. The lowest BCUT2D eigenvalue weighted by Crippen LogP contribution is -2.30. The van der Waals surface area contributed by atoms with Crippen molar-refractivity contribution in [3.8, 4) is 0 Å². The highest BCUT2D eigenvalue weighted by Gasteiger charge is 2.45. The number of amides is 1. The molecular weight excluding hydrogens is 825 g/mol. The number of fused-ring (bicyclic) bond motifs is 2. The molecule has 2 heterocycles. The Morgan fingerprint density at radius 3 is 2.25 bits per heavy atom. The van der Waals surface area contributed by atoms with Crippen LogP contribution in [0.5, 0.6) is 0 Å². The number of hydrogen-bond donors (Lipinski definition) is 2. The number of unbranched alkanes of at least 4 members (excludes halogenated alkanes) is 2. The van der Waals surface area contributed by atoms with Crippen LogP contribution in [0.4, 0.5) is 11.4 Å². The van der Waals surface area contributed by atoms with E-state index in [1.807, 2.05) is 37.8 Å². The number of nitrogens with two attached hydrogens (primary N) is 1. The standard InChI is InChI=1S/C36H48N4O13S4/c1-35(2)28-25-27(57(49,50)51)16-18-30(28)39(20-10-22-55(43,44)45)32(35)12-6-4-7-13-33-36(3,19-9-5-8-14-34(41)38-37)29-24-26(54-53-52-42)15-17-31(29)40(33)21-11-23-56(46,47)48/h4,6-7,12-13,15-18,24-25H,5,8-11,14,19-23,37H2,1-3H3,(H4-,38,41,42,43,44,45,46,47,48,49,50,51)/p-3. The zero-order chi connectivity index (χ0) is 42.2. The summed E-state index contributed by atoms with van der Waals surface area (Å²) in [7, 11) is -13.8. The molecule has 2 aliphatic rings. The Balaban J connectivity index is 1.74. The Bertz CT molecular complexity index is 2270. The summed E-state index contributed by atoms with van der Waals surface area (Å²) in [5, 5.41) is 14.1. The van der Waals surface area contributed by atoms with Crippen LogP contribution < -0.4 is 21.4 Å². The van der Waals surface area contributed by atoms with Crippen LogP contribution >= 0.6 is 12.0 Å². The minimum Gasteiger partial charge on any atom is -0.748 e. The quantitative estimate of drug-likeness (QED) is 0.0210. The highest BCUT2D eigenvalue weighted by atomic mass is 32.2. The first kappa shape index (κ1) is 46.2. The smallest absolute Gasteiger partial charge is 0.233 e. The van der Waals surface area contributed by atoms with Crippen molar-refractivity contribution in [2.75, 3.05) is 29.5 Å². The van der Waals surface area contributed by atoms with Gasteiger partial charge in [0.1, 0.15) is 16.7 Å². The molecule has 3 N–H and O–H groups in total. The maximum atomic E-state index is 11.9. The van der Waals surface area contributed by atoms with Gasteiger partial charge >= 0.3 is 0 Å². The Morgan fingerprint density at radius 1 is 0.895 bits per heavy atom. The van der Waals surface area contributed by atoms with Gasteiger partial charge in [-0.1, -0.05) is 31.1 Å². The van der Waals surface area contributed by atoms with Crippen molar-refractivity contribution in [2.24, 2.45) is 5.84 Å². The van der Waals surface area contributed by atoms with E-state index in [1.165, 1.54) is 18.2 Å². The summed E-state index contributed by atoms with van der Waals surface area (Å²) in [6.07, 6.45) is 11.7. The summed E-state index contributed by atoms with van der Waals surface area (Å²) in [5.41, 5.74) is 4.70. The second-order valence-corrected chi connectivity index (χ2v) is 19.5. The average molecular weight is 870 g/mol. The minimum atomic E-state index is -4.78. The van der Waals surface area contributed by atoms with Gasteiger partial charge in [0.15, 0.2) is 5.71 Å². The molecule has 0 aliphatic carbocycles. The van der Waals surface area contributed by atoms with Crippen LogP contribution in [0, 0.1) is 0 Å². The van der Waals surface area contributed by atoms with Crippen LogP contribution in [0.15, 0.2) is 82.3 Å². The van der Waals surface area contributed by atoms with Gasteiger partial charge in [0.05, 0.1) is 42.6 Å². The Labute approximate surface area is 337 Å². The second-order valence-electron chi connectivity index (χ2n) is 14.3. The molecular formula is C36H45N4O13S4-3. The molecule has 0 aromatic heterocycles. The SMILES string of the molecule is CC1(C)C(/C=C/C=C/C=C2\N(CCCS(=O)(=O)[O-])c3ccc(SOO[O-])cc3C2(C)CCCCCC(=O)NN)=[N+](CCCS(=O)(=O)[O-])c2ccc(S(=O)(=O)[O-])cc21. The van der Waals surface area contributed by atoms with E-state index >= 15 is 0 Å². The van der Waals surface area contributed by atoms with Gasteiger partial charge in [-0.2, -0.15) is 8.91 Å². The zero-order valence-corrected chi connectivity index (χ0v) is 34.8. The van der Waals surface area contributed by atoms with Crippen molar-refractivity contribution in [1.29, 1.82) is 0 Å². The van der Waals surface area contributed by atoms with Crippen LogP contribution in [0.3, 0.4) is 0 Å². The fourth-order valence-electron chi connectivity index (χ4n) is 7.36. The Hall–Kier alpha value is -3.48. The van der Waals surface area contributed by atoms with Crippen molar-refractivity contribution in [1.82, 2.24) is 5.43 Å². The molecule has 2 aliphatic heterocycles. The molecule has 0 saturated heterocycles. The summed E-state index contributed by atoms with van der Waals surface area (Å²) < 4.78 is 111. The summed E-state index contributed by atoms with van der Waals surface area (Å²) >= 11 is 0.719. The molecule has 314 valence electrons. The van der Waals surface area contributed by atoms with Crippen molar-refractivity contribution >= 4 is 65.4 Å². The van der Waals surface area contributed by atoms with E-state index < -0.39 is 57.6 Å². The van der Waals surface area contributed by atoms with Crippen LogP contribution in [0.1, 0.15) is 76.8 Å². The van der Waals surface area contributed by atoms with Gasteiger partial charge in [-0.25, -0.2) is 31.1 Å². The number of hydrazine groups is 1. The number of allylic oxidation sites excluding steroid dienone is 6. The molecule has 2 aromatic carbocycles. The van der Waals surface area contributed by atoms with E-state index in [0.717, 1.165) is 29.0 Å². The lowest BCUT2D eigenvalue weighted by atomic mass is 9.77. The van der Waals surface area contributed by atoms with Gasteiger partial charge in [-0.05, 0) is 82.0 Å². The third kappa shape index (κ3) is 12.0. The van der Waals surface area contributed by atoms with Crippen LogP contribution in [0.25, 0.3) is 0 Å². The number of benzene rings is 2. The number of hydrogen-bond acceptors (Lipinski definition) is 16. The topological polar surface area (TPSA) is 274 Å². The monoisotopic (exact) mass is 869 g/mol. The van der Waals surface area contributed by atoms with Gasteiger partial charge in [0.2, 0.25) is 11.6 Å². The van der Waals surface area contributed by atoms with Gasteiger partial charge in [-0.3, -0.25) is 15.3 Å². The largest absolute Gasteiger partial charge is 0.748 e. The molecule has 0 fully saturated rings. The average Bonchev–Trinajstić information content (AvgIpc) is 3.47. The van der Waals surface area contributed by atoms with Gasteiger partial charge < -0.3 is 23.8 Å². The molecule has 0 bridgehead atoms. The predicted octanol–water partition coefficient (Wildman–Crippen LogP) is 2.78. The van der Waals surface area contributed by atoms with Gasteiger partial charge in [0.25, 0.3) is 0 Å². The molecule has 21 heteroatoms. The normalized spacial score (nSPS) is 18.9. The first-order valence-electron chi connectivity index (χ1n) is 17.8. The van der Waals surface area contributed by atoms with E-state index in [-0.39, 0.29) is 38.3 Å². The van der Waals surface area contributed by atoms with Gasteiger partial charge in [0, 0.05) is 70.3 Å². The maximum Gasteiger partial charge on any atom is 0.233 e. The molecule has 0 spiro atoms. The number of nitrogens with zero attached hydrogens (tertiary/aromatic N) is 2. The number of carbonyl (C=O) groups is 1. The maximum absolute atomic E-state index is 11.9. The summed E-state index contributed by atoms with van der Waals surface area (Å²) in [4.78, 5) is 13.8. The van der Waals surface area contributed by atoms with Crippen LogP contribution in [0.2, 0.25) is 0 Å². The molecule has 0 radical (unpaired) electrons. The van der Waals surface area contributed by atoms with Crippen molar-refractivity contribution in [3.05, 3.63) is 83.6 Å². The Kier molecular flexibility index (Phi) is 15.5. The third-order valence-corrected chi connectivity index (χ3v) is 13.0. The van der Waals surface area contributed by atoms with E-state index in [2.05, 4.69) is 14.8 Å². The van der Waals surface area contributed by atoms with Crippen molar-refractivity contribution < 1.29 is 62.9 Å². The van der Waals surface area contributed by atoms with Crippen molar-refractivity contribution in [3.63, 3.8) is 0 Å². The first-order chi connectivity index (χ1) is 26.6. The molecule has 1 unspecified atom stereocenters. The molecule has 1 atom stereocenters. The minimum absolute atomic E-state index is 0.0126. The second kappa shape index (κ2) is 19.1. The zero-order valence-electron chi connectivity index (χ0n) is 31.5. The number of anilines is 1. The fourth-order valence-corrected chi connectivity index (χ4v) is 9.22. The predicted molar refractivity (Wildman–Crippen MR) is 207 cm³/mol. The first-order valence-corrected chi connectivity index (χ1v) is 23.2. The number of nitrogens with one attached hydrogen (secondary N) is 1. The molecule has 57 heavy (non-hydrogen) atoms. The highest BCUT2D eigenvalue weighted by Crippen LogP contribution is 2.52. The lowest BCUT2D eigenvalue weighted by molar-refractivity contribution is -0.777. The van der Waals surface area contributed by atoms with Gasteiger partial charge in [-0.15, -0.1) is 0 Å². The van der Waals surface area contributed by atoms with E-state index in [9.17, 15) is 49.0 Å². The molecule has 4 rings (SSSR count). The van der Waals surface area contributed by atoms with Crippen molar-refractivity contribution in [2.45, 2.75) is 86.3 Å². The summed E-state index contributed by atoms with van der Waals surface area (Å²) in [5.74, 6) is 3.74. The van der Waals surface area contributed by atoms with Crippen LogP contribution in [-0.4, -0.2) is 79.7 Å². The molecule has 2 aromatic rings. The van der Waals surface area contributed by atoms with E-state index in [1.54, 1.807) is 41.0 Å². The summed E-state index contributed by atoms with van der Waals surface area (Å²) in [6, 6.07) is 9.33. The lowest BCUT2D eigenvalue weighted by Gasteiger charge is -2.30. The molecule has 17 nitrogen and oxygen atoms in total. The van der Waals surface area contributed by atoms with E-state index in [4.69, 9.17) is 5.84 Å². The molecule has 1 amide bonds. The highest BCUT2D eigenvalue weighted by molar-refractivity contribution is 7.94.